The number of amides is 1. The van der Waals surface area contributed by atoms with E-state index in [1.54, 1.807) is 24.0 Å². The first-order valence-corrected chi connectivity index (χ1v) is 8.78. The molecule has 1 amide bonds. The second-order valence-electron chi connectivity index (χ2n) is 6.38. The molecule has 0 saturated heterocycles. The van der Waals surface area contributed by atoms with Crippen LogP contribution in [0.2, 0.25) is 0 Å². The number of hydrogen-bond donors (Lipinski definition) is 1. The van der Waals surface area contributed by atoms with Crippen LogP contribution in [0.3, 0.4) is 0 Å². The third-order valence-electron chi connectivity index (χ3n) is 4.61. The lowest BCUT2D eigenvalue weighted by Crippen LogP contribution is -2.34. The van der Waals surface area contributed by atoms with Crippen molar-refractivity contribution in [3.05, 3.63) is 89.5 Å². The first-order valence-electron chi connectivity index (χ1n) is 8.78. The third kappa shape index (κ3) is 4.05. The molecular weight excluding hydrogens is 348 g/mol. The highest BCUT2D eigenvalue weighted by Crippen LogP contribution is 2.25. The van der Waals surface area contributed by atoms with Crippen molar-refractivity contribution in [2.45, 2.75) is 25.3 Å². The molecule has 27 heavy (non-hydrogen) atoms. The topological polar surface area (TPSA) is 46.9 Å². The Bertz CT molecular complexity index is 924. The SMILES string of the molecule is CC[C@@H](C(=O)N[C@@H](c1ccc(F)c(F)c1)c1nccn1C)c1ccccc1. The largest absolute Gasteiger partial charge is 0.342 e. The average molecular weight is 369 g/mol. The molecule has 0 radical (unpaired) electrons. The number of rotatable bonds is 6. The van der Waals surface area contributed by atoms with Crippen LogP contribution in [-0.2, 0) is 11.8 Å². The summed E-state index contributed by atoms with van der Waals surface area (Å²) in [5.41, 5.74) is 1.33. The third-order valence-corrected chi connectivity index (χ3v) is 4.61. The van der Waals surface area contributed by atoms with Crippen molar-refractivity contribution in [3.63, 3.8) is 0 Å². The minimum atomic E-state index is -0.962. The van der Waals surface area contributed by atoms with Gasteiger partial charge in [0.2, 0.25) is 5.91 Å². The number of hydrogen-bond acceptors (Lipinski definition) is 2. The Balaban J connectivity index is 1.95. The molecule has 1 aromatic heterocycles. The van der Waals surface area contributed by atoms with E-state index in [4.69, 9.17) is 0 Å². The van der Waals surface area contributed by atoms with Crippen molar-refractivity contribution >= 4 is 5.91 Å². The molecule has 0 unspecified atom stereocenters. The van der Waals surface area contributed by atoms with Crippen molar-refractivity contribution in [2.75, 3.05) is 0 Å². The zero-order valence-electron chi connectivity index (χ0n) is 15.2. The maximum Gasteiger partial charge on any atom is 0.228 e. The minimum Gasteiger partial charge on any atom is -0.342 e. The van der Waals surface area contributed by atoms with Crippen LogP contribution in [0.5, 0.6) is 0 Å². The lowest BCUT2D eigenvalue weighted by atomic mass is 9.94. The fraction of sp³-hybridized carbons (Fsp3) is 0.238. The lowest BCUT2D eigenvalue weighted by Gasteiger charge is -2.23. The van der Waals surface area contributed by atoms with E-state index in [0.717, 1.165) is 17.7 Å². The van der Waals surface area contributed by atoms with Crippen LogP contribution in [0.1, 0.15) is 42.3 Å². The lowest BCUT2D eigenvalue weighted by molar-refractivity contribution is -0.123. The number of imidazole rings is 1. The van der Waals surface area contributed by atoms with Crippen molar-refractivity contribution in [1.29, 1.82) is 0 Å². The molecule has 4 nitrogen and oxygen atoms in total. The van der Waals surface area contributed by atoms with Crippen LogP contribution in [0, 0.1) is 11.6 Å². The highest BCUT2D eigenvalue weighted by Gasteiger charge is 2.26. The van der Waals surface area contributed by atoms with Crippen LogP contribution in [0.4, 0.5) is 8.78 Å². The monoisotopic (exact) mass is 369 g/mol. The van der Waals surface area contributed by atoms with E-state index in [1.165, 1.54) is 6.07 Å². The molecule has 140 valence electrons. The normalized spacial score (nSPS) is 13.2. The molecule has 0 aliphatic carbocycles. The van der Waals surface area contributed by atoms with Crippen LogP contribution in [0.15, 0.2) is 60.9 Å². The van der Waals surface area contributed by atoms with Crippen LogP contribution < -0.4 is 5.32 Å². The molecule has 6 heteroatoms. The Morgan fingerprint density at radius 1 is 1.11 bits per heavy atom. The van der Waals surface area contributed by atoms with Crippen LogP contribution in [0.25, 0.3) is 0 Å². The number of aromatic nitrogens is 2. The fourth-order valence-corrected chi connectivity index (χ4v) is 3.14. The number of carbonyl (C=O) groups excluding carboxylic acids is 1. The number of benzene rings is 2. The van der Waals surface area contributed by atoms with Gasteiger partial charge in [-0.25, -0.2) is 13.8 Å². The van der Waals surface area contributed by atoms with Gasteiger partial charge in [0.05, 0.1) is 5.92 Å². The number of carbonyl (C=O) groups is 1. The Kier molecular flexibility index (Phi) is 5.64. The molecule has 1 heterocycles. The highest BCUT2D eigenvalue weighted by molar-refractivity contribution is 5.84. The summed E-state index contributed by atoms with van der Waals surface area (Å²) in [5, 5.41) is 2.96. The van der Waals surface area contributed by atoms with Crippen molar-refractivity contribution in [3.8, 4) is 0 Å². The molecule has 0 saturated carbocycles. The Hall–Kier alpha value is -3.02. The zero-order valence-corrected chi connectivity index (χ0v) is 15.2. The van der Waals surface area contributed by atoms with E-state index in [0.29, 0.717) is 17.8 Å². The van der Waals surface area contributed by atoms with Gasteiger partial charge < -0.3 is 9.88 Å². The molecule has 0 aliphatic heterocycles. The van der Waals surface area contributed by atoms with Gasteiger partial charge in [-0.3, -0.25) is 4.79 Å². The minimum absolute atomic E-state index is 0.193. The maximum absolute atomic E-state index is 13.8. The maximum atomic E-state index is 13.8. The number of aryl methyl sites for hydroxylation is 1. The number of nitrogens with zero attached hydrogens (tertiary/aromatic N) is 2. The quantitative estimate of drug-likeness (QED) is 0.711. The summed E-state index contributed by atoms with van der Waals surface area (Å²) in [6.07, 6.45) is 3.95. The van der Waals surface area contributed by atoms with E-state index in [2.05, 4.69) is 10.3 Å². The predicted octanol–water partition coefficient (Wildman–Crippen LogP) is 4.10. The van der Waals surface area contributed by atoms with Crippen LogP contribution >= 0.6 is 0 Å². The van der Waals surface area contributed by atoms with E-state index in [-0.39, 0.29) is 11.8 Å². The van der Waals surface area contributed by atoms with Gasteiger partial charge in [0.25, 0.3) is 0 Å². The summed E-state index contributed by atoms with van der Waals surface area (Å²) in [6.45, 7) is 1.94. The van der Waals surface area contributed by atoms with Crippen LogP contribution in [-0.4, -0.2) is 15.5 Å². The van der Waals surface area contributed by atoms with Gasteiger partial charge in [0.1, 0.15) is 11.9 Å². The second kappa shape index (κ2) is 8.12. The summed E-state index contributed by atoms with van der Waals surface area (Å²) in [4.78, 5) is 17.3. The summed E-state index contributed by atoms with van der Waals surface area (Å²) in [6, 6.07) is 12.4. The summed E-state index contributed by atoms with van der Waals surface area (Å²) >= 11 is 0. The first kappa shape index (κ1) is 18.8. The summed E-state index contributed by atoms with van der Waals surface area (Å²) in [7, 11) is 1.79. The van der Waals surface area contributed by atoms with E-state index in [1.807, 2.05) is 37.3 Å². The molecule has 3 rings (SSSR count). The van der Waals surface area contributed by atoms with Gasteiger partial charge in [-0.05, 0) is 29.7 Å². The van der Waals surface area contributed by atoms with Gasteiger partial charge in [-0.15, -0.1) is 0 Å². The summed E-state index contributed by atoms with van der Waals surface area (Å²) in [5.74, 6) is -1.89. The van der Waals surface area contributed by atoms with Gasteiger partial charge in [-0.2, -0.15) is 0 Å². The molecule has 0 fully saturated rings. The average Bonchev–Trinajstić information content (AvgIpc) is 3.09. The zero-order chi connectivity index (χ0) is 19.4. The number of nitrogens with one attached hydrogen (secondary N) is 1. The van der Waals surface area contributed by atoms with Crippen molar-refractivity contribution in [2.24, 2.45) is 7.05 Å². The van der Waals surface area contributed by atoms with Gasteiger partial charge in [0, 0.05) is 19.4 Å². The van der Waals surface area contributed by atoms with Crippen molar-refractivity contribution in [1.82, 2.24) is 14.9 Å². The molecule has 0 spiro atoms. The Morgan fingerprint density at radius 2 is 1.85 bits per heavy atom. The molecule has 0 bridgehead atoms. The molecule has 3 aromatic rings. The van der Waals surface area contributed by atoms with Crippen molar-refractivity contribution < 1.29 is 13.6 Å². The molecular formula is C21H21F2N3O. The molecule has 2 aromatic carbocycles. The summed E-state index contributed by atoms with van der Waals surface area (Å²) < 4.78 is 28.9. The predicted molar refractivity (Wildman–Crippen MR) is 99.0 cm³/mol. The second-order valence-corrected chi connectivity index (χ2v) is 6.38. The van der Waals surface area contributed by atoms with E-state index >= 15 is 0 Å². The standard InChI is InChI=1S/C21H21F2N3O/c1-3-16(14-7-5-4-6-8-14)21(27)25-19(20-24-11-12-26(20)2)15-9-10-17(22)18(23)13-15/h4-13,16,19H,3H2,1-2H3,(H,25,27)/t16-,19+/m1/s1. The Labute approximate surface area is 156 Å². The fourth-order valence-electron chi connectivity index (χ4n) is 3.14. The number of halogens is 2. The van der Waals surface area contributed by atoms with E-state index in [9.17, 15) is 13.6 Å². The Morgan fingerprint density at radius 3 is 2.44 bits per heavy atom. The smallest absolute Gasteiger partial charge is 0.228 e. The van der Waals surface area contributed by atoms with Gasteiger partial charge >= 0.3 is 0 Å². The molecule has 1 N–H and O–H groups in total. The van der Waals surface area contributed by atoms with Gasteiger partial charge in [-0.1, -0.05) is 43.3 Å². The molecule has 0 aliphatic rings. The first-order chi connectivity index (χ1) is 13.0. The van der Waals surface area contributed by atoms with Gasteiger partial charge in [0.15, 0.2) is 11.6 Å². The van der Waals surface area contributed by atoms with E-state index < -0.39 is 17.7 Å². The highest BCUT2D eigenvalue weighted by atomic mass is 19.2. The molecule has 2 atom stereocenters.